The maximum absolute atomic E-state index is 11.6. The normalized spacial score (nSPS) is 19.5. The van der Waals surface area contributed by atoms with Gasteiger partial charge >= 0.3 is 0 Å². The molecule has 1 aromatic carbocycles. The second-order valence-electron chi connectivity index (χ2n) is 5.64. The molecule has 6 heteroatoms. The molecular formula is C16H27Cl2N3O. The van der Waals surface area contributed by atoms with Crippen LogP contribution in [0.4, 0.5) is 0 Å². The van der Waals surface area contributed by atoms with Crippen LogP contribution in [0.1, 0.15) is 31.7 Å². The molecule has 1 amide bonds. The Balaban J connectivity index is 0.00000220. The number of piperidine rings is 1. The van der Waals surface area contributed by atoms with E-state index in [-0.39, 0.29) is 30.7 Å². The van der Waals surface area contributed by atoms with Crippen molar-refractivity contribution in [1.29, 1.82) is 0 Å². The first-order chi connectivity index (χ1) is 9.66. The molecule has 0 saturated carbocycles. The lowest BCUT2D eigenvalue weighted by Gasteiger charge is -2.36. The number of benzene rings is 1. The van der Waals surface area contributed by atoms with Crippen molar-refractivity contribution in [2.45, 2.75) is 44.8 Å². The van der Waals surface area contributed by atoms with Crippen LogP contribution in [0.5, 0.6) is 0 Å². The molecule has 2 atom stereocenters. The summed E-state index contributed by atoms with van der Waals surface area (Å²) in [6.45, 7) is 4.48. The molecule has 1 aliphatic heterocycles. The van der Waals surface area contributed by atoms with Gasteiger partial charge in [0.2, 0.25) is 5.91 Å². The highest BCUT2D eigenvalue weighted by atomic mass is 35.5. The van der Waals surface area contributed by atoms with Gasteiger partial charge in [0.15, 0.2) is 0 Å². The van der Waals surface area contributed by atoms with Crippen molar-refractivity contribution < 1.29 is 4.79 Å². The summed E-state index contributed by atoms with van der Waals surface area (Å²) in [5, 5.41) is 2.96. The molecule has 4 nitrogen and oxygen atoms in total. The molecule has 126 valence electrons. The highest BCUT2D eigenvalue weighted by molar-refractivity contribution is 5.85. The predicted octanol–water partition coefficient (Wildman–Crippen LogP) is 2.35. The molecule has 3 N–H and O–H groups in total. The molecule has 0 aromatic heterocycles. The molecule has 2 unspecified atom stereocenters. The number of halogens is 2. The molecule has 1 aliphatic rings. The van der Waals surface area contributed by atoms with Gasteiger partial charge in [0.1, 0.15) is 0 Å². The molecule has 1 aromatic rings. The standard InChI is InChI=1S/C16H25N3O.2ClH/c1-13(17)16(20)18-11-15-9-5-6-10-19(15)12-14-7-3-2-4-8-14;;/h2-4,7-8,13,15H,5-6,9-12,17H2,1H3,(H,18,20);2*1H. The summed E-state index contributed by atoms with van der Waals surface area (Å²) in [5.74, 6) is -0.0600. The lowest BCUT2D eigenvalue weighted by Crippen LogP contribution is -2.48. The van der Waals surface area contributed by atoms with Crippen LogP contribution < -0.4 is 11.1 Å². The Kier molecular flexibility index (Phi) is 10.4. The number of nitrogens with zero attached hydrogens (tertiary/aromatic N) is 1. The van der Waals surface area contributed by atoms with Crippen LogP contribution >= 0.6 is 24.8 Å². The summed E-state index contributed by atoms with van der Waals surface area (Å²) in [7, 11) is 0. The van der Waals surface area contributed by atoms with E-state index in [4.69, 9.17) is 5.73 Å². The molecular weight excluding hydrogens is 321 g/mol. The second-order valence-corrected chi connectivity index (χ2v) is 5.64. The van der Waals surface area contributed by atoms with E-state index in [1.54, 1.807) is 6.92 Å². The van der Waals surface area contributed by atoms with Crippen LogP contribution in [0.25, 0.3) is 0 Å². The van der Waals surface area contributed by atoms with E-state index < -0.39 is 6.04 Å². The third-order valence-corrected chi connectivity index (χ3v) is 3.90. The monoisotopic (exact) mass is 347 g/mol. The van der Waals surface area contributed by atoms with Crippen LogP contribution in [0.2, 0.25) is 0 Å². The summed E-state index contributed by atoms with van der Waals surface area (Å²) in [6.07, 6.45) is 3.63. The van der Waals surface area contributed by atoms with Crippen molar-refractivity contribution >= 4 is 30.7 Å². The van der Waals surface area contributed by atoms with E-state index in [0.717, 1.165) is 19.5 Å². The first-order valence-corrected chi connectivity index (χ1v) is 7.48. The largest absolute Gasteiger partial charge is 0.353 e. The fourth-order valence-corrected chi connectivity index (χ4v) is 2.70. The fraction of sp³-hybridized carbons (Fsp3) is 0.562. The molecule has 0 spiro atoms. The number of carbonyl (C=O) groups is 1. The van der Waals surface area contributed by atoms with Gasteiger partial charge in [-0.05, 0) is 31.9 Å². The zero-order valence-electron chi connectivity index (χ0n) is 13.0. The van der Waals surface area contributed by atoms with Crippen molar-refractivity contribution in [3.63, 3.8) is 0 Å². The van der Waals surface area contributed by atoms with Crippen molar-refractivity contribution in [1.82, 2.24) is 10.2 Å². The average molecular weight is 348 g/mol. The molecule has 1 fully saturated rings. The van der Waals surface area contributed by atoms with Crippen molar-refractivity contribution in [3.05, 3.63) is 35.9 Å². The first-order valence-electron chi connectivity index (χ1n) is 7.48. The van der Waals surface area contributed by atoms with Crippen molar-refractivity contribution in [2.24, 2.45) is 5.73 Å². The van der Waals surface area contributed by atoms with Gasteiger partial charge in [-0.15, -0.1) is 24.8 Å². The van der Waals surface area contributed by atoms with Crippen LogP contribution in [0.15, 0.2) is 30.3 Å². The topological polar surface area (TPSA) is 58.4 Å². The minimum absolute atomic E-state index is 0. The number of nitrogens with two attached hydrogens (primary N) is 1. The third kappa shape index (κ3) is 6.53. The summed E-state index contributed by atoms with van der Waals surface area (Å²) in [4.78, 5) is 14.1. The molecule has 0 radical (unpaired) electrons. The lowest BCUT2D eigenvalue weighted by molar-refractivity contribution is -0.122. The molecule has 0 bridgehead atoms. The SMILES string of the molecule is CC(N)C(=O)NCC1CCCCN1Cc1ccccc1.Cl.Cl. The Morgan fingerprint density at radius 2 is 2.00 bits per heavy atom. The van der Waals surface area contributed by atoms with E-state index in [0.29, 0.717) is 12.6 Å². The fourth-order valence-electron chi connectivity index (χ4n) is 2.70. The zero-order chi connectivity index (χ0) is 14.4. The Labute approximate surface area is 145 Å². The summed E-state index contributed by atoms with van der Waals surface area (Å²) < 4.78 is 0. The maximum Gasteiger partial charge on any atom is 0.236 e. The van der Waals surface area contributed by atoms with Crippen LogP contribution in [0.3, 0.4) is 0 Å². The van der Waals surface area contributed by atoms with Gasteiger partial charge in [-0.1, -0.05) is 36.8 Å². The van der Waals surface area contributed by atoms with Crippen LogP contribution in [0, 0.1) is 0 Å². The summed E-state index contributed by atoms with van der Waals surface area (Å²) in [6, 6.07) is 10.5. The molecule has 0 aliphatic carbocycles. The molecule has 2 rings (SSSR count). The van der Waals surface area contributed by atoms with Gasteiger partial charge in [-0.3, -0.25) is 9.69 Å². The van der Waals surface area contributed by atoms with Crippen molar-refractivity contribution in [2.75, 3.05) is 13.1 Å². The Bertz CT molecular complexity index is 429. The van der Waals surface area contributed by atoms with Gasteiger partial charge in [0, 0.05) is 19.1 Å². The second kappa shape index (κ2) is 10.8. The quantitative estimate of drug-likeness (QED) is 0.859. The highest BCUT2D eigenvalue weighted by Gasteiger charge is 2.23. The smallest absolute Gasteiger partial charge is 0.236 e. The minimum atomic E-state index is -0.429. The van der Waals surface area contributed by atoms with Gasteiger partial charge in [-0.25, -0.2) is 0 Å². The predicted molar refractivity (Wildman–Crippen MR) is 95.6 cm³/mol. The van der Waals surface area contributed by atoms with Gasteiger partial charge < -0.3 is 11.1 Å². The summed E-state index contributed by atoms with van der Waals surface area (Å²) in [5.41, 5.74) is 6.92. The first kappa shape index (κ1) is 21.2. The van der Waals surface area contributed by atoms with Crippen molar-refractivity contribution in [3.8, 4) is 0 Å². The Hall–Kier alpha value is -0.810. The van der Waals surface area contributed by atoms with E-state index in [9.17, 15) is 4.79 Å². The highest BCUT2D eigenvalue weighted by Crippen LogP contribution is 2.19. The minimum Gasteiger partial charge on any atom is -0.353 e. The number of likely N-dealkylation sites (tertiary alicyclic amines) is 1. The maximum atomic E-state index is 11.6. The summed E-state index contributed by atoms with van der Waals surface area (Å²) >= 11 is 0. The average Bonchev–Trinajstić information content (AvgIpc) is 2.47. The number of hydrogen-bond acceptors (Lipinski definition) is 3. The number of nitrogens with one attached hydrogen (secondary N) is 1. The van der Waals surface area contributed by atoms with E-state index in [1.807, 2.05) is 6.07 Å². The van der Waals surface area contributed by atoms with Gasteiger partial charge in [0.05, 0.1) is 6.04 Å². The lowest BCUT2D eigenvalue weighted by atomic mass is 10.0. The number of carbonyl (C=O) groups excluding carboxylic acids is 1. The number of rotatable bonds is 5. The Morgan fingerprint density at radius 1 is 1.32 bits per heavy atom. The molecule has 22 heavy (non-hydrogen) atoms. The molecule has 1 saturated heterocycles. The van der Waals surface area contributed by atoms with E-state index in [2.05, 4.69) is 34.5 Å². The zero-order valence-corrected chi connectivity index (χ0v) is 14.7. The Morgan fingerprint density at radius 3 is 2.64 bits per heavy atom. The molecule has 1 heterocycles. The van der Waals surface area contributed by atoms with Crippen LogP contribution in [-0.4, -0.2) is 36.0 Å². The van der Waals surface area contributed by atoms with Crippen LogP contribution in [-0.2, 0) is 11.3 Å². The number of hydrogen-bond donors (Lipinski definition) is 2. The number of amides is 1. The van der Waals surface area contributed by atoms with E-state index in [1.165, 1.54) is 18.4 Å². The third-order valence-electron chi connectivity index (χ3n) is 3.90. The van der Waals surface area contributed by atoms with Gasteiger partial charge in [0.25, 0.3) is 0 Å². The van der Waals surface area contributed by atoms with Gasteiger partial charge in [-0.2, -0.15) is 0 Å². The van der Waals surface area contributed by atoms with E-state index >= 15 is 0 Å².